The Morgan fingerprint density at radius 3 is 1.48 bits per heavy atom. The lowest BCUT2D eigenvalue weighted by molar-refractivity contribution is -0.870. The first-order valence-corrected chi connectivity index (χ1v) is 24.1. The predicted molar refractivity (Wildman–Crippen MR) is 249 cm³/mol. The van der Waals surface area contributed by atoms with Crippen molar-refractivity contribution in [3.05, 3.63) is 109 Å². The van der Waals surface area contributed by atoms with Gasteiger partial charge in [-0.05, 0) is 83.5 Å². The highest BCUT2D eigenvalue weighted by Crippen LogP contribution is 2.38. The Hall–Kier alpha value is -3.33. The summed E-state index contributed by atoms with van der Waals surface area (Å²) in [5.74, 6) is -1.01. The molecule has 340 valence electrons. The van der Waals surface area contributed by atoms with Crippen LogP contribution in [0.1, 0.15) is 142 Å². The van der Waals surface area contributed by atoms with Gasteiger partial charge in [0.2, 0.25) is 0 Å². The summed E-state index contributed by atoms with van der Waals surface area (Å²) in [6, 6.07) is 0. The van der Waals surface area contributed by atoms with Crippen LogP contribution in [0.25, 0.3) is 0 Å². The van der Waals surface area contributed by atoms with Gasteiger partial charge in [-0.25, -0.2) is 0 Å². The van der Waals surface area contributed by atoms with Crippen LogP contribution in [0.15, 0.2) is 109 Å². The van der Waals surface area contributed by atoms with Gasteiger partial charge in [0.1, 0.15) is 19.8 Å². The Labute approximate surface area is 366 Å². The molecule has 0 aromatic heterocycles. The van der Waals surface area contributed by atoms with Crippen molar-refractivity contribution in [3.8, 4) is 0 Å². The van der Waals surface area contributed by atoms with E-state index < -0.39 is 32.5 Å². The molecule has 9 nitrogen and oxygen atoms in total. The Bertz CT molecular complexity index is 1380. The second-order valence-electron chi connectivity index (χ2n) is 15.7. The van der Waals surface area contributed by atoms with Crippen LogP contribution in [-0.2, 0) is 32.7 Å². The van der Waals surface area contributed by atoms with E-state index >= 15 is 0 Å². The maximum absolute atomic E-state index is 12.7. The molecule has 0 radical (unpaired) electrons. The quantitative estimate of drug-likeness (QED) is 0.0198. The van der Waals surface area contributed by atoms with E-state index in [1.54, 1.807) is 0 Å². The molecule has 0 aliphatic rings. The summed E-state index contributed by atoms with van der Waals surface area (Å²) >= 11 is 0. The van der Waals surface area contributed by atoms with Crippen LogP contribution in [0.2, 0.25) is 0 Å². The number of quaternary nitrogens is 1. The van der Waals surface area contributed by atoms with E-state index in [9.17, 15) is 19.0 Å². The Balaban J connectivity index is 4.58. The minimum atomic E-state index is -4.66. The van der Waals surface area contributed by atoms with E-state index in [1.807, 2.05) is 39.4 Å². The van der Waals surface area contributed by atoms with Crippen molar-refractivity contribution in [1.29, 1.82) is 0 Å². The summed E-state index contributed by atoms with van der Waals surface area (Å²) in [7, 11) is 1.08. The van der Waals surface area contributed by atoms with Crippen LogP contribution in [0.3, 0.4) is 0 Å². The summed E-state index contributed by atoms with van der Waals surface area (Å²) in [6.45, 7) is 3.93. The van der Waals surface area contributed by atoms with Gasteiger partial charge in [-0.1, -0.05) is 155 Å². The summed E-state index contributed by atoms with van der Waals surface area (Å²) in [5, 5.41) is 0. The highest BCUT2D eigenvalue weighted by Gasteiger charge is 2.21. The zero-order valence-electron chi connectivity index (χ0n) is 38.1. The van der Waals surface area contributed by atoms with Gasteiger partial charge in [0.15, 0.2) is 6.10 Å². The van der Waals surface area contributed by atoms with Crippen LogP contribution in [0, 0.1) is 0 Å². The largest absolute Gasteiger partial charge is 0.756 e. The van der Waals surface area contributed by atoms with Crippen LogP contribution in [0.5, 0.6) is 0 Å². The van der Waals surface area contributed by atoms with E-state index in [2.05, 4.69) is 105 Å². The van der Waals surface area contributed by atoms with Gasteiger partial charge >= 0.3 is 11.9 Å². The first kappa shape index (κ1) is 56.7. The van der Waals surface area contributed by atoms with E-state index in [0.717, 1.165) is 57.8 Å². The summed E-state index contributed by atoms with van der Waals surface area (Å²) in [5.41, 5.74) is 0. The molecule has 0 heterocycles. The molecule has 1 unspecified atom stereocenters. The van der Waals surface area contributed by atoms with E-state index in [1.165, 1.54) is 38.5 Å². The van der Waals surface area contributed by atoms with Crippen LogP contribution < -0.4 is 4.89 Å². The molecule has 0 bridgehead atoms. The number of phosphoric ester groups is 1. The zero-order chi connectivity index (χ0) is 44.3. The number of phosphoric acid groups is 1. The molecular formula is C50H82NO8P. The number of carbonyl (C=O) groups excluding carboxylic acids is 2. The van der Waals surface area contributed by atoms with Gasteiger partial charge in [-0.2, -0.15) is 0 Å². The van der Waals surface area contributed by atoms with Gasteiger partial charge in [0, 0.05) is 12.8 Å². The molecule has 0 saturated carbocycles. The second-order valence-corrected chi connectivity index (χ2v) is 17.1. The molecule has 0 aromatic rings. The molecule has 0 amide bonds. The number of ether oxygens (including phenoxy) is 2. The normalized spacial score (nSPS) is 14.6. The lowest BCUT2D eigenvalue weighted by Gasteiger charge is -2.28. The molecule has 0 spiro atoms. The summed E-state index contributed by atoms with van der Waals surface area (Å²) in [4.78, 5) is 37.5. The van der Waals surface area contributed by atoms with Gasteiger partial charge in [0.25, 0.3) is 7.82 Å². The minimum absolute atomic E-state index is 0.0576. The van der Waals surface area contributed by atoms with Crippen molar-refractivity contribution in [2.24, 2.45) is 0 Å². The molecule has 0 aliphatic carbocycles. The van der Waals surface area contributed by atoms with Crippen LogP contribution in [-0.4, -0.2) is 70.0 Å². The molecule has 0 aliphatic heterocycles. The number of likely N-dealkylation sites (N-methyl/N-ethyl adjacent to an activating group) is 1. The SMILES string of the molecule is CC/C=C\C/C=C\C/C=C\C/C=C\C/C=C\C/C=C\CCC(=O)OC[C@H](COP(=O)([O-])OCC[N+](C)(C)C)OC(=O)CCC/C=C\C/C=C\C/C=C\CCCCCCCC. The molecule has 2 atom stereocenters. The fraction of sp³-hybridized carbons (Fsp3) is 0.600. The van der Waals surface area contributed by atoms with Gasteiger partial charge in [-0.3, -0.25) is 14.2 Å². The molecule has 60 heavy (non-hydrogen) atoms. The highest BCUT2D eigenvalue weighted by molar-refractivity contribution is 7.45. The molecule has 0 aromatic carbocycles. The Morgan fingerprint density at radius 1 is 0.533 bits per heavy atom. The van der Waals surface area contributed by atoms with Crippen molar-refractivity contribution in [2.45, 2.75) is 148 Å². The number of hydrogen-bond acceptors (Lipinski definition) is 8. The number of unbranched alkanes of at least 4 members (excludes halogenated alkanes) is 7. The third-order valence-corrected chi connectivity index (χ3v) is 9.75. The first-order valence-electron chi connectivity index (χ1n) is 22.6. The van der Waals surface area contributed by atoms with Gasteiger partial charge in [-0.15, -0.1) is 0 Å². The van der Waals surface area contributed by atoms with Crippen molar-refractivity contribution >= 4 is 19.8 Å². The monoisotopic (exact) mass is 856 g/mol. The molecule has 0 N–H and O–H groups in total. The fourth-order valence-electron chi connectivity index (χ4n) is 5.28. The average molecular weight is 856 g/mol. The van der Waals surface area contributed by atoms with Gasteiger partial charge < -0.3 is 27.9 Å². The molecule has 10 heteroatoms. The van der Waals surface area contributed by atoms with Crippen molar-refractivity contribution in [1.82, 2.24) is 0 Å². The Kier molecular flexibility index (Phi) is 38.8. The zero-order valence-corrected chi connectivity index (χ0v) is 39.0. The first-order chi connectivity index (χ1) is 29.0. The van der Waals surface area contributed by atoms with Crippen molar-refractivity contribution < 1.29 is 42.1 Å². The van der Waals surface area contributed by atoms with Gasteiger partial charge in [0.05, 0.1) is 27.7 Å². The number of nitrogens with zero attached hydrogens (tertiary/aromatic N) is 1. The smallest absolute Gasteiger partial charge is 0.306 e. The number of esters is 2. The van der Waals surface area contributed by atoms with E-state index in [4.69, 9.17) is 18.5 Å². The summed E-state index contributed by atoms with van der Waals surface area (Å²) < 4.78 is 33.7. The third kappa shape index (κ3) is 44.2. The highest BCUT2D eigenvalue weighted by atomic mass is 31.2. The minimum Gasteiger partial charge on any atom is -0.756 e. The second kappa shape index (κ2) is 41.0. The number of carbonyl (C=O) groups is 2. The number of allylic oxidation sites excluding steroid dienone is 18. The molecule has 0 rings (SSSR count). The van der Waals surface area contributed by atoms with E-state index in [0.29, 0.717) is 30.3 Å². The lowest BCUT2D eigenvalue weighted by Crippen LogP contribution is -2.37. The lowest BCUT2D eigenvalue weighted by atomic mass is 10.1. The standard InChI is InChI=1S/C50H82NO8P/c1-6-8-10-12-14-16-18-20-22-24-25-27-28-30-32-34-36-38-40-42-49(52)56-46-48(47-58-60(54,55)57-45-44-51(3,4)5)59-50(53)43-41-39-37-35-33-31-29-26-23-21-19-17-15-13-11-9-7-2/h8,10,14,16,20-23,25,27,29-32,35-38,48H,6-7,9,11-13,15,17-19,24,26,28,33-34,39-47H2,1-5H3/b10-8-,16-14-,22-20-,23-21-,27-25-,31-29-,32-30-,37-35-,38-36-/t48-/m1/s1. The molecule has 0 fully saturated rings. The average Bonchev–Trinajstić information content (AvgIpc) is 3.20. The third-order valence-electron chi connectivity index (χ3n) is 8.79. The van der Waals surface area contributed by atoms with Crippen LogP contribution >= 0.6 is 7.82 Å². The number of hydrogen-bond donors (Lipinski definition) is 0. The maximum Gasteiger partial charge on any atom is 0.306 e. The Morgan fingerprint density at radius 2 is 0.983 bits per heavy atom. The van der Waals surface area contributed by atoms with Crippen molar-refractivity contribution in [2.75, 3.05) is 47.5 Å². The maximum atomic E-state index is 12.7. The topological polar surface area (TPSA) is 111 Å². The predicted octanol–water partition coefficient (Wildman–Crippen LogP) is 12.5. The van der Waals surface area contributed by atoms with Crippen molar-refractivity contribution in [3.63, 3.8) is 0 Å². The molecule has 0 saturated heterocycles. The summed E-state index contributed by atoms with van der Waals surface area (Å²) in [6.07, 6.45) is 55.7. The van der Waals surface area contributed by atoms with Crippen LogP contribution in [0.4, 0.5) is 0 Å². The van der Waals surface area contributed by atoms with E-state index in [-0.39, 0.29) is 26.1 Å². The molecular weight excluding hydrogens is 774 g/mol. The fourth-order valence-corrected chi connectivity index (χ4v) is 6.01. The number of rotatable bonds is 39.